The van der Waals surface area contributed by atoms with Crippen LogP contribution in [0.25, 0.3) is 0 Å². The average molecular weight is 1480 g/mol. The highest BCUT2D eigenvalue weighted by Crippen LogP contribution is 2.45. The second-order valence-corrected chi connectivity index (χ2v) is 34.1. The van der Waals surface area contributed by atoms with Gasteiger partial charge in [-0.25, -0.2) is 9.13 Å². The van der Waals surface area contributed by atoms with Crippen LogP contribution >= 0.6 is 15.6 Å². The molecule has 0 spiro atoms. The molecule has 0 aromatic rings. The second kappa shape index (κ2) is 71.0. The molecule has 4 unspecified atom stereocenters. The van der Waals surface area contributed by atoms with Gasteiger partial charge in [0.1, 0.15) is 19.3 Å². The Morgan fingerprint density at radius 2 is 0.475 bits per heavy atom. The SMILES string of the molecule is CCC(C)CCCCCCCCCCCCCCCCCCCCC(=O)O[C@H](COC(=O)CCCCCCCCCC(C)C)COP(=O)(O)OCC(O)COP(=O)(O)OC[C@@H](COC(=O)CCCCCCCCCCCCC(C)C)OC(=O)CCCCCCCCCCCCCCCC(C)C. The summed E-state index contributed by atoms with van der Waals surface area (Å²) in [6.07, 6.45) is 58.4. The molecule has 0 aliphatic rings. The van der Waals surface area contributed by atoms with Gasteiger partial charge in [0.05, 0.1) is 26.4 Å². The van der Waals surface area contributed by atoms with E-state index in [-0.39, 0.29) is 25.7 Å². The first-order chi connectivity index (χ1) is 48.6. The quantitative estimate of drug-likeness (QED) is 0.0222. The van der Waals surface area contributed by atoms with Crippen molar-refractivity contribution in [3.8, 4) is 0 Å². The average Bonchev–Trinajstić information content (AvgIpc) is 0.935. The molecule has 0 fully saturated rings. The lowest BCUT2D eigenvalue weighted by Crippen LogP contribution is -2.30. The van der Waals surface area contributed by atoms with Gasteiger partial charge in [0.2, 0.25) is 0 Å². The maximum absolute atomic E-state index is 13.1. The zero-order valence-corrected chi connectivity index (χ0v) is 68.3. The first-order valence-electron chi connectivity index (χ1n) is 42.2. The number of esters is 4. The molecule has 3 N–H and O–H groups in total. The van der Waals surface area contributed by atoms with Crippen LogP contribution in [-0.4, -0.2) is 96.7 Å². The molecular weight excluding hydrogens is 1320 g/mol. The monoisotopic (exact) mass is 1480 g/mol. The Morgan fingerprint density at radius 3 is 0.703 bits per heavy atom. The van der Waals surface area contributed by atoms with Crippen molar-refractivity contribution < 1.29 is 80.2 Å². The van der Waals surface area contributed by atoms with Crippen LogP contribution in [0.1, 0.15) is 421 Å². The topological polar surface area (TPSA) is 237 Å². The summed E-state index contributed by atoms with van der Waals surface area (Å²) in [4.78, 5) is 73.0. The van der Waals surface area contributed by atoms with E-state index in [1.807, 2.05) is 0 Å². The fourth-order valence-electron chi connectivity index (χ4n) is 12.6. The summed E-state index contributed by atoms with van der Waals surface area (Å²) >= 11 is 0. The molecule has 6 atom stereocenters. The maximum Gasteiger partial charge on any atom is 0.472 e. The van der Waals surface area contributed by atoms with Crippen molar-refractivity contribution in [3.05, 3.63) is 0 Å². The molecule has 19 heteroatoms. The minimum Gasteiger partial charge on any atom is -0.462 e. The van der Waals surface area contributed by atoms with Gasteiger partial charge in [-0.3, -0.25) is 37.3 Å². The van der Waals surface area contributed by atoms with E-state index in [1.54, 1.807) is 0 Å². The van der Waals surface area contributed by atoms with Gasteiger partial charge in [-0.1, -0.05) is 370 Å². The lowest BCUT2D eigenvalue weighted by molar-refractivity contribution is -0.161. The largest absolute Gasteiger partial charge is 0.472 e. The van der Waals surface area contributed by atoms with Crippen LogP contribution < -0.4 is 0 Å². The third-order valence-electron chi connectivity index (χ3n) is 19.4. The molecule has 0 aliphatic carbocycles. The molecule has 0 heterocycles. The van der Waals surface area contributed by atoms with Crippen LogP contribution in [0.3, 0.4) is 0 Å². The molecule has 0 bridgehead atoms. The van der Waals surface area contributed by atoms with Gasteiger partial charge in [0, 0.05) is 25.7 Å². The number of hydrogen-bond acceptors (Lipinski definition) is 15. The highest BCUT2D eigenvalue weighted by atomic mass is 31.2. The Balaban J connectivity index is 5.20. The number of carbonyl (C=O) groups is 4. The molecule has 0 rings (SSSR count). The molecule has 0 aromatic heterocycles. The van der Waals surface area contributed by atoms with Crippen molar-refractivity contribution in [2.45, 2.75) is 440 Å². The van der Waals surface area contributed by atoms with Gasteiger partial charge in [0.25, 0.3) is 0 Å². The van der Waals surface area contributed by atoms with E-state index < -0.39 is 97.5 Å². The highest BCUT2D eigenvalue weighted by molar-refractivity contribution is 7.47. The number of hydrogen-bond donors (Lipinski definition) is 3. The smallest absolute Gasteiger partial charge is 0.462 e. The van der Waals surface area contributed by atoms with E-state index in [2.05, 4.69) is 55.4 Å². The van der Waals surface area contributed by atoms with E-state index in [9.17, 15) is 43.2 Å². The van der Waals surface area contributed by atoms with E-state index in [1.165, 1.54) is 218 Å². The van der Waals surface area contributed by atoms with E-state index >= 15 is 0 Å². The van der Waals surface area contributed by atoms with Crippen LogP contribution in [-0.2, 0) is 65.4 Å². The molecule has 0 saturated carbocycles. The molecule has 0 radical (unpaired) electrons. The van der Waals surface area contributed by atoms with Gasteiger partial charge in [-0.2, -0.15) is 0 Å². The number of unbranched alkanes of at least 4 members (excludes halogenated alkanes) is 44. The molecular formula is C82H160O17P2. The number of phosphoric ester groups is 2. The minimum absolute atomic E-state index is 0.107. The van der Waals surface area contributed by atoms with Crippen molar-refractivity contribution in [1.29, 1.82) is 0 Å². The van der Waals surface area contributed by atoms with E-state index in [0.717, 1.165) is 114 Å². The Morgan fingerprint density at radius 1 is 0.277 bits per heavy atom. The summed E-state index contributed by atoms with van der Waals surface area (Å²) < 4.78 is 68.7. The van der Waals surface area contributed by atoms with Crippen molar-refractivity contribution in [2.75, 3.05) is 39.6 Å². The molecule has 101 heavy (non-hydrogen) atoms. The third-order valence-corrected chi connectivity index (χ3v) is 21.3. The van der Waals surface area contributed by atoms with Crippen LogP contribution in [0.15, 0.2) is 0 Å². The lowest BCUT2D eigenvalue weighted by atomic mass is 9.99. The predicted molar refractivity (Wildman–Crippen MR) is 414 cm³/mol. The van der Waals surface area contributed by atoms with Gasteiger partial charge >= 0.3 is 39.5 Å². The standard InChI is InChI=1S/C82H160O17P2/c1-9-75(8)61-53-45-37-29-22-18-14-12-10-11-13-15-19-23-31-39-48-56-64-82(87)99-78(69-93-80(85)63-55-47-41-33-36-44-52-60-74(6)7)71-97-101(90,91)95-67-76(83)66-94-100(88,89)96-70-77(68-92-79(84)62-54-46-38-30-26-25-28-35-43-51-59-73(4)5)98-81(86)65-57-49-40-32-24-20-16-17-21-27-34-42-50-58-72(2)3/h72-78,83H,9-71H2,1-8H3,(H,88,89)(H,90,91)/t75?,76?,77-,78-/m1/s1. The fourth-order valence-corrected chi connectivity index (χ4v) is 14.2. The number of ether oxygens (including phenoxy) is 4. The van der Waals surface area contributed by atoms with Gasteiger partial charge in [0.15, 0.2) is 12.2 Å². The first kappa shape index (κ1) is 99.1. The number of phosphoric acid groups is 2. The molecule has 0 amide bonds. The van der Waals surface area contributed by atoms with E-state index in [0.29, 0.717) is 31.6 Å². The van der Waals surface area contributed by atoms with Crippen LogP contribution in [0.4, 0.5) is 0 Å². The summed E-state index contributed by atoms with van der Waals surface area (Å²) in [7, 11) is -9.92. The fraction of sp³-hybridized carbons (Fsp3) is 0.951. The van der Waals surface area contributed by atoms with Crippen LogP contribution in [0.5, 0.6) is 0 Å². The van der Waals surface area contributed by atoms with Gasteiger partial charge in [-0.05, 0) is 49.4 Å². The summed E-state index contributed by atoms with van der Waals surface area (Å²) in [5.41, 5.74) is 0. The van der Waals surface area contributed by atoms with Crippen molar-refractivity contribution in [2.24, 2.45) is 23.7 Å². The Labute approximate surface area is 619 Å². The summed E-state index contributed by atoms with van der Waals surface area (Å²) in [5.74, 6) is 1.01. The van der Waals surface area contributed by atoms with Crippen molar-refractivity contribution >= 4 is 39.5 Å². The van der Waals surface area contributed by atoms with Gasteiger partial charge in [-0.15, -0.1) is 0 Å². The van der Waals surface area contributed by atoms with Crippen molar-refractivity contribution in [3.63, 3.8) is 0 Å². The number of aliphatic hydroxyl groups excluding tert-OH is 1. The number of aliphatic hydroxyl groups is 1. The summed E-state index contributed by atoms with van der Waals surface area (Å²) in [6.45, 7) is 14.3. The molecule has 17 nitrogen and oxygen atoms in total. The second-order valence-electron chi connectivity index (χ2n) is 31.2. The molecule has 0 saturated heterocycles. The normalized spacial score (nSPS) is 14.3. The zero-order chi connectivity index (χ0) is 74.6. The summed E-state index contributed by atoms with van der Waals surface area (Å²) in [6, 6.07) is 0. The lowest BCUT2D eigenvalue weighted by Gasteiger charge is -2.21. The zero-order valence-electron chi connectivity index (χ0n) is 66.5. The molecule has 0 aliphatic heterocycles. The highest BCUT2D eigenvalue weighted by Gasteiger charge is 2.30. The molecule has 0 aromatic carbocycles. The third kappa shape index (κ3) is 74.7. The predicted octanol–water partition coefficient (Wildman–Crippen LogP) is 24.4. The van der Waals surface area contributed by atoms with Crippen LogP contribution in [0.2, 0.25) is 0 Å². The first-order valence-corrected chi connectivity index (χ1v) is 45.2. The Bertz CT molecular complexity index is 1970. The van der Waals surface area contributed by atoms with Crippen LogP contribution in [0, 0.1) is 23.7 Å². The number of rotatable bonds is 79. The van der Waals surface area contributed by atoms with E-state index in [4.69, 9.17) is 37.0 Å². The maximum atomic E-state index is 13.1. The Hall–Kier alpha value is -1.94. The van der Waals surface area contributed by atoms with Crippen molar-refractivity contribution in [1.82, 2.24) is 0 Å². The summed E-state index contributed by atoms with van der Waals surface area (Å²) in [5, 5.41) is 10.6. The minimum atomic E-state index is -4.96. The molecule has 600 valence electrons. The van der Waals surface area contributed by atoms with Gasteiger partial charge < -0.3 is 33.8 Å². The number of carbonyl (C=O) groups excluding carboxylic acids is 4. The Kier molecular flexibility index (Phi) is 69.6.